The lowest BCUT2D eigenvalue weighted by Crippen LogP contribution is -2.53. The Hall–Kier alpha value is -6.43. The van der Waals surface area contributed by atoms with E-state index in [-0.39, 0.29) is 6.42 Å². The monoisotopic (exact) mass is 1040 g/mol. The molecule has 2 aliphatic heterocycles. The summed E-state index contributed by atoms with van der Waals surface area (Å²) in [5.41, 5.74) is 3.33. The summed E-state index contributed by atoms with van der Waals surface area (Å²) in [7, 11) is 0. The Morgan fingerprint density at radius 1 is 0.539 bits per heavy atom. The Balaban J connectivity index is 0.866. The van der Waals surface area contributed by atoms with Crippen LogP contribution in [-0.4, -0.2) is 82.9 Å². The van der Waals surface area contributed by atoms with Crippen LogP contribution in [0, 0.1) is 5.41 Å². The fourth-order valence-electron chi connectivity index (χ4n) is 10.2. The van der Waals surface area contributed by atoms with Gasteiger partial charge in [0.1, 0.15) is 24.3 Å². The van der Waals surface area contributed by atoms with Crippen LogP contribution in [0.2, 0.25) is 0 Å². The first-order chi connectivity index (χ1) is 36.9. The lowest BCUT2D eigenvalue weighted by Gasteiger charge is -2.36. The minimum atomic E-state index is -0.865. The van der Waals surface area contributed by atoms with Crippen LogP contribution in [0.1, 0.15) is 194 Å². The van der Waals surface area contributed by atoms with Gasteiger partial charge in [-0.15, -0.1) is 0 Å². The van der Waals surface area contributed by atoms with Crippen LogP contribution >= 0.6 is 0 Å². The Bertz CT molecular complexity index is 2480. The molecule has 76 heavy (non-hydrogen) atoms. The predicted octanol–water partition coefficient (Wildman–Crippen LogP) is 12.6. The van der Waals surface area contributed by atoms with Gasteiger partial charge in [-0.05, 0) is 118 Å². The van der Waals surface area contributed by atoms with Gasteiger partial charge in [-0.2, -0.15) is 0 Å². The first-order valence-electron chi connectivity index (χ1n) is 28.4. The van der Waals surface area contributed by atoms with Crippen LogP contribution in [0.4, 0.5) is 0 Å². The summed E-state index contributed by atoms with van der Waals surface area (Å²) < 4.78 is 18.1. The second kappa shape index (κ2) is 31.0. The summed E-state index contributed by atoms with van der Waals surface area (Å²) in [6.45, 7) is 6.36. The van der Waals surface area contributed by atoms with Crippen LogP contribution in [0.25, 0.3) is 0 Å². The Kier molecular flexibility index (Phi) is 24.0. The highest BCUT2D eigenvalue weighted by molar-refractivity contribution is 6.38. The number of hydrogen-bond donors (Lipinski definition) is 0. The van der Waals surface area contributed by atoms with Crippen LogP contribution in [0.5, 0.6) is 0 Å². The van der Waals surface area contributed by atoms with E-state index in [2.05, 4.69) is 12.1 Å². The quantitative estimate of drug-likeness (QED) is 0.0213. The third-order valence-corrected chi connectivity index (χ3v) is 15.3. The standard InChI is InChI=1S/C64H82N2O10/c1-4-64(2,3)58(68)60(70)66-45-26-24-38-54(66)63(73)76-57(43-41-49-31-18-14-19-32-49)51-35-28-36-52(47-51)61(71)74-46-27-12-10-8-6-5-7-9-11-22-39-55(67)59(69)65-44-25-23-37-53(65)62(72)75-56(50-33-20-15-21-34-50)42-40-48-29-16-13-17-30-48/h13-21,28-36,47,53-54,56-57H,4-12,22-27,37-46H2,1-3H3. The zero-order chi connectivity index (χ0) is 54.1. The molecule has 0 aromatic heterocycles. The van der Waals surface area contributed by atoms with Crippen molar-refractivity contribution < 1.29 is 47.8 Å². The molecule has 2 aliphatic rings. The van der Waals surface area contributed by atoms with Gasteiger partial charge in [-0.3, -0.25) is 19.2 Å². The van der Waals surface area contributed by atoms with E-state index in [1.54, 1.807) is 32.0 Å². The molecule has 0 spiro atoms. The molecule has 2 amide bonds. The van der Waals surface area contributed by atoms with Gasteiger partial charge in [0, 0.05) is 24.9 Å². The van der Waals surface area contributed by atoms with Crippen molar-refractivity contribution in [3.8, 4) is 0 Å². The minimum absolute atomic E-state index is 0.175. The van der Waals surface area contributed by atoms with Gasteiger partial charge >= 0.3 is 17.9 Å². The summed E-state index contributed by atoms with van der Waals surface area (Å²) in [5, 5.41) is 0. The molecule has 4 aromatic carbocycles. The maximum absolute atomic E-state index is 13.9. The third-order valence-electron chi connectivity index (χ3n) is 15.3. The molecule has 4 unspecified atom stereocenters. The molecule has 408 valence electrons. The molecule has 12 nitrogen and oxygen atoms in total. The van der Waals surface area contributed by atoms with Crippen molar-refractivity contribution in [2.24, 2.45) is 5.41 Å². The van der Waals surface area contributed by atoms with Crippen molar-refractivity contribution >= 4 is 41.3 Å². The molecule has 4 atom stereocenters. The molecule has 0 N–H and O–H groups in total. The van der Waals surface area contributed by atoms with Crippen LogP contribution in [0.3, 0.4) is 0 Å². The summed E-state index contributed by atoms with van der Waals surface area (Å²) in [6.07, 6.45) is 15.3. The number of ketones is 2. The van der Waals surface area contributed by atoms with E-state index in [1.807, 2.05) is 91.9 Å². The number of hydrogen-bond acceptors (Lipinski definition) is 10. The maximum Gasteiger partial charge on any atom is 0.338 e. The number of benzene rings is 4. The number of aryl methyl sites for hydroxylation is 2. The van der Waals surface area contributed by atoms with Crippen molar-refractivity contribution in [2.75, 3.05) is 19.7 Å². The molecular formula is C64H82N2O10. The van der Waals surface area contributed by atoms with Crippen molar-refractivity contribution in [1.82, 2.24) is 9.80 Å². The van der Waals surface area contributed by atoms with E-state index in [0.717, 1.165) is 100 Å². The molecule has 2 saturated heterocycles. The molecule has 0 saturated carbocycles. The fraction of sp³-hybridized carbons (Fsp3) is 0.516. The van der Waals surface area contributed by atoms with Gasteiger partial charge in [0.15, 0.2) is 0 Å². The number of carbonyl (C=O) groups excluding carboxylic acids is 7. The number of ether oxygens (including phenoxy) is 3. The lowest BCUT2D eigenvalue weighted by atomic mass is 9.84. The second-order valence-electron chi connectivity index (χ2n) is 21.4. The number of carbonyl (C=O) groups is 7. The number of esters is 3. The number of nitrogens with zero attached hydrogens (tertiary/aromatic N) is 2. The average molecular weight is 1040 g/mol. The van der Waals surface area contributed by atoms with Gasteiger partial charge in [0.2, 0.25) is 11.6 Å². The van der Waals surface area contributed by atoms with E-state index in [4.69, 9.17) is 14.2 Å². The zero-order valence-electron chi connectivity index (χ0n) is 45.4. The molecule has 0 radical (unpaired) electrons. The molecule has 0 bridgehead atoms. The number of piperidine rings is 2. The van der Waals surface area contributed by atoms with Gasteiger partial charge < -0.3 is 24.0 Å². The number of likely N-dealkylation sites (tertiary alicyclic amines) is 2. The summed E-state index contributed by atoms with van der Waals surface area (Å²) in [6, 6.07) is 35.1. The molecule has 2 heterocycles. The normalized spacial score (nSPS) is 16.5. The summed E-state index contributed by atoms with van der Waals surface area (Å²) in [4.78, 5) is 97.1. The molecule has 0 aliphatic carbocycles. The van der Waals surface area contributed by atoms with Gasteiger partial charge in [-0.25, -0.2) is 14.4 Å². The first kappa shape index (κ1) is 58.8. The Morgan fingerprint density at radius 2 is 1.00 bits per heavy atom. The molecule has 12 heteroatoms. The Morgan fingerprint density at radius 3 is 1.53 bits per heavy atom. The minimum Gasteiger partial charge on any atom is -0.462 e. The highest BCUT2D eigenvalue weighted by atomic mass is 16.6. The van der Waals surface area contributed by atoms with E-state index in [0.29, 0.717) is 82.2 Å². The predicted molar refractivity (Wildman–Crippen MR) is 294 cm³/mol. The van der Waals surface area contributed by atoms with E-state index in [9.17, 15) is 33.6 Å². The summed E-state index contributed by atoms with van der Waals surface area (Å²) in [5.74, 6) is -3.59. The van der Waals surface area contributed by atoms with Gasteiger partial charge in [0.25, 0.3) is 11.8 Å². The van der Waals surface area contributed by atoms with Crippen LogP contribution in [0.15, 0.2) is 115 Å². The van der Waals surface area contributed by atoms with Crippen molar-refractivity contribution in [1.29, 1.82) is 0 Å². The van der Waals surface area contributed by atoms with Crippen LogP contribution in [-0.2, 0) is 55.8 Å². The van der Waals surface area contributed by atoms with Gasteiger partial charge in [0.05, 0.1) is 12.2 Å². The summed E-state index contributed by atoms with van der Waals surface area (Å²) >= 11 is 0. The number of amides is 2. The second-order valence-corrected chi connectivity index (χ2v) is 21.4. The highest BCUT2D eigenvalue weighted by Gasteiger charge is 2.41. The number of unbranched alkanes of at least 4 members (excludes halogenated alkanes) is 9. The molecular weight excluding hydrogens is 957 g/mol. The third kappa shape index (κ3) is 18.1. The van der Waals surface area contributed by atoms with Gasteiger partial charge in [-0.1, -0.05) is 175 Å². The highest BCUT2D eigenvalue weighted by Crippen LogP contribution is 2.31. The fourth-order valence-corrected chi connectivity index (χ4v) is 10.2. The lowest BCUT2D eigenvalue weighted by molar-refractivity contribution is -0.164. The van der Waals surface area contributed by atoms with Crippen molar-refractivity contribution in [3.05, 3.63) is 143 Å². The average Bonchev–Trinajstić information content (AvgIpc) is 3.46. The van der Waals surface area contributed by atoms with E-state index in [1.165, 1.54) is 9.80 Å². The number of rotatable bonds is 30. The topological polar surface area (TPSA) is 154 Å². The smallest absolute Gasteiger partial charge is 0.338 e. The SMILES string of the molecule is CCC(C)(C)C(=O)C(=O)N1CCCCC1C(=O)OC(CCc1ccccc1)c1cccc(C(=O)OCCCCCCCCCCCCC(=O)C(=O)N2CCCCC2C(=O)OC(CCc2ccccc2)c2ccccc2)c1. The van der Waals surface area contributed by atoms with Crippen molar-refractivity contribution in [3.63, 3.8) is 0 Å². The first-order valence-corrected chi connectivity index (χ1v) is 28.4. The molecule has 2 fully saturated rings. The Labute approximate surface area is 451 Å². The maximum atomic E-state index is 13.9. The molecule has 4 aromatic rings. The van der Waals surface area contributed by atoms with E-state index < -0.39 is 71.0 Å². The largest absolute Gasteiger partial charge is 0.462 e. The van der Waals surface area contributed by atoms with Crippen molar-refractivity contribution in [2.45, 2.75) is 186 Å². The number of Topliss-reactive ketones (excluding diaryl/α,β-unsaturated/α-hetero) is 2. The van der Waals surface area contributed by atoms with E-state index >= 15 is 0 Å². The molecule has 6 rings (SSSR count). The van der Waals surface area contributed by atoms with Crippen LogP contribution < -0.4 is 0 Å². The zero-order valence-corrected chi connectivity index (χ0v) is 45.4.